The second kappa shape index (κ2) is 9.55. The van der Waals surface area contributed by atoms with E-state index in [-0.39, 0.29) is 0 Å². The highest BCUT2D eigenvalue weighted by molar-refractivity contribution is 5.84. The summed E-state index contributed by atoms with van der Waals surface area (Å²) in [6.07, 6.45) is 5.28. The van der Waals surface area contributed by atoms with Crippen LogP contribution >= 0.6 is 0 Å². The molecule has 0 bridgehead atoms. The van der Waals surface area contributed by atoms with Crippen LogP contribution in [0.2, 0.25) is 0 Å². The molecule has 7 rings (SSSR count). The van der Waals surface area contributed by atoms with Gasteiger partial charge in [-0.15, -0.1) is 0 Å². The quantitative estimate of drug-likeness (QED) is 0.220. The van der Waals surface area contributed by atoms with Crippen molar-refractivity contribution in [2.75, 3.05) is 7.11 Å². The standard InChI is InChI=1S/C35H29N3O/c1-39-33-23-32-31(37-34(33)30-22-12-14-25-13-11-21-29(25)30)24-36-38(32)35(26-15-5-2-6-16-26,27-17-7-3-8-18-27)28-19-9-4-10-20-28/h2-10,12,14-20,22-24H,11,13,21H2,1H3. The predicted octanol–water partition coefficient (Wildman–Crippen LogP) is 7.44. The molecule has 0 spiro atoms. The molecule has 0 aliphatic heterocycles. The van der Waals surface area contributed by atoms with Crippen LogP contribution in [0.5, 0.6) is 5.75 Å². The van der Waals surface area contributed by atoms with Crippen LogP contribution in [0.25, 0.3) is 22.3 Å². The number of fused-ring (bicyclic) bond motifs is 2. The fraction of sp³-hybridized carbons (Fsp3) is 0.143. The molecule has 0 radical (unpaired) electrons. The lowest BCUT2D eigenvalue weighted by molar-refractivity contribution is 0.414. The number of methoxy groups -OCH3 is 1. The molecule has 39 heavy (non-hydrogen) atoms. The van der Waals surface area contributed by atoms with Gasteiger partial charge < -0.3 is 4.74 Å². The summed E-state index contributed by atoms with van der Waals surface area (Å²) in [6, 6.07) is 40.5. The molecule has 0 atom stereocenters. The molecule has 0 amide bonds. The van der Waals surface area contributed by atoms with Crippen LogP contribution in [-0.2, 0) is 18.4 Å². The van der Waals surface area contributed by atoms with E-state index < -0.39 is 5.54 Å². The van der Waals surface area contributed by atoms with E-state index in [1.165, 1.54) is 17.5 Å². The minimum absolute atomic E-state index is 0.715. The Morgan fingerprint density at radius 2 is 1.33 bits per heavy atom. The number of aromatic nitrogens is 3. The molecule has 2 aromatic heterocycles. The van der Waals surface area contributed by atoms with Gasteiger partial charge in [-0.25, -0.2) is 9.67 Å². The molecule has 4 heteroatoms. The van der Waals surface area contributed by atoms with Crippen molar-refractivity contribution in [3.05, 3.63) is 149 Å². The Labute approximate surface area is 228 Å². The van der Waals surface area contributed by atoms with Gasteiger partial charge in [-0.2, -0.15) is 5.10 Å². The van der Waals surface area contributed by atoms with E-state index in [0.29, 0.717) is 0 Å². The molecule has 0 saturated carbocycles. The summed E-state index contributed by atoms with van der Waals surface area (Å²) in [5.74, 6) is 0.757. The van der Waals surface area contributed by atoms with Gasteiger partial charge in [-0.3, -0.25) is 0 Å². The first kappa shape index (κ1) is 23.4. The van der Waals surface area contributed by atoms with Crippen molar-refractivity contribution < 1.29 is 4.74 Å². The van der Waals surface area contributed by atoms with Gasteiger partial charge in [0.2, 0.25) is 0 Å². The molecule has 1 aliphatic carbocycles. The van der Waals surface area contributed by atoms with Gasteiger partial charge in [-0.1, -0.05) is 109 Å². The van der Waals surface area contributed by atoms with Crippen molar-refractivity contribution in [2.45, 2.75) is 24.8 Å². The molecule has 0 unspecified atom stereocenters. The van der Waals surface area contributed by atoms with Crippen molar-refractivity contribution in [3.8, 4) is 17.0 Å². The molecular weight excluding hydrogens is 478 g/mol. The van der Waals surface area contributed by atoms with Gasteiger partial charge >= 0.3 is 0 Å². The number of rotatable bonds is 6. The molecule has 6 aromatic rings. The lowest BCUT2D eigenvalue weighted by atomic mass is 9.77. The maximum Gasteiger partial charge on any atom is 0.147 e. The van der Waals surface area contributed by atoms with E-state index in [1.54, 1.807) is 7.11 Å². The monoisotopic (exact) mass is 507 g/mol. The molecule has 0 saturated heterocycles. The number of nitrogens with zero attached hydrogens (tertiary/aromatic N) is 3. The van der Waals surface area contributed by atoms with E-state index in [1.807, 2.05) is 6.20 Å². The second-order valence-electron chi connectivity index (χ2n) is 10.1. The van der Waals surface area contributed by atoms with Gasteiger partial charge in [0.25, 0.3) is 0 Å². The van der Waals surface area contributed by atoms with Crippen molar-refractivity contribution in [2.24, 2.45) is 0 Å². The largest absolute Gasteiger partial charge is 0.494 e. The van der Waals surface area contributed by atoms with Crippen LogP contribution in [0.15, 0.2) is 121 Å². The van der Waals surface area contributed by atoms with Crippen molar-refractivity contribution in [3.63, 3.8) is 0 Å². The number of aryl methyl sites for hydroxylation is 1. The highest BCUT2D eigenvalue weighted by atomic mass is 16.5. The number of benzene rings is 4. The first-order chi connectivity index (χ1) is 19.3. The zero-order chi connectivity index (χ0) is 26.2. The van der Waals surface area contributed by atoms with E-state index >= 15 is 0 Å². The van der Waals surface area contributed by atoms with Gasteiger partial charge in [0.15, 0.2) is 0 Å². The lowest BCUT2D eigenvalue weighted by Crippen LogP contribution is -2.38. The Bertz CT molecular complexity index is 1660. The Kier molecular flexibility index (Phi) is 5.74. The third-order valence-electron chi connectivity index (χ3n) is 8.03. The minimum Gasteiger partial charge on any atom is -0.494 e. The van der Waals surface area contributed by atoms with E-state index in [9.17, 15) is 0 Å². The number of ether oxygens (including phenoxy) is 1. The fourth-order valence-electron chi connectivity index (χ4n) is 6.30. The maximum atomic E-state index is 6.02. The summed E-state index contributed by atoms with van der Waals surface area (Å²) in [6.45, 7) is 0. The first-order valence-corrected chi connectivity index (χ1v) is 13.5. The Balaban J connectivity index is 1.54. The molecule has 4 aromatic carbocycles. The normalized spacial score (nSPS) is 12.9. The zero-order valence-corrected chi connectivity index (χ0v) is 21.9. The van der Waals surface area contributed by atoms with Crippen molar-refractivity contribution in [1.29, 1.82) is 0 Å². The Morgan fingerprint density at radius 1 is 0.718 bits per heavy atom. The Hall–Kier alpha value is -4.70. The highest BCUT2D eigenvalue weighted by Crippen LogP contribution is 2.44. The fourth-order valence-corrected chi connectivity index (χ4v) is 6.30. The van der Waals surface area contributed by atoms with Crippen LogP contribution in [0.1, 0.15) is 34.2 Å². The molecule has 0 N–H and O–H groups in total. The number of pyridine rings is 1. The second-order valence-corrected chi connectivity index (χ2v) is 10.1. The molecule has 0 fully saturated rings. The lowest BCUT2D eigenvalue weighted by Gasteiger charge is -2.37. The van der Waals surface area contributed by atoms with E-state index in [2.05, 4.69) is 120 Å². The SMILES string of the molecule is COc1cc2c(cnn2C(c2ccccc2)(c2ccccc2)c2ccccc2)nc1-c1cccc2c1CCC2. The third-order valence-corrected chi connectivity index (χ3v) is 8.03. The third kappa shape index (κ3) is 3.67. The van der Waals surface area contributed by atoms with Crippen LogP contribution in [0.3, 0.4) is 0 Å². The van der Waals surface area contributed by atoms with Crippen LogP contribution in [0.4, 0.5) is 0 Å². The Morgan fingerprint density at radius 3 is 1.92 bits per heavy atom. The van der Waals surface area contributed by atoms with Gasteiger partial charge in [0.05, 0.1) is 18.8 Å². The van der Waals surface area contributed by atoms with Crippen LogP contribution in [0, 0.1) is 0 Å². The van der Waals surface area contributed by atoms with Crippen molar-refractivity contribution in [1.82, 2.24) is 14.8 Å². The summed E-state index contributed by atoms with van der Waals surface area (Å²) < 4.78 is 8.14. The topological polar surface area (TPSA) is 39.9 Å². The van der Waals surface area contributed by atoms with E-state index in [4.69, 9.17) is 14.8 Å². The summed E-state index contributed by atoms with van der Waals surface area (Å²) in [7, 11) is 1.73. The van der Waals surface area contributed by atoms with Gasteiger partial charge in [-0.05, 0) is 47.1 Å². The minimum atomic E-state index is -0.715. The average molecular weight is 508 g/mol. The molecule has 190 valence electrons. The number of hydrogen-bond donors (Lipinski definition) is 0. The number of hydrogen-bond acceptors (Lipinski definition) is 3. The molecule has 2 heterocycles. The summed E-state index contributed by atoms with van der Waals surface area (Å²) in [5, 5.41) is 5.08. The average Bonchev–Trinajstić information content (AvgIpc) is 3.66. The zero-order valence-electron chi connectivity index (χ0n) is 21.9. The maximum absolute atomic E-state index is 6.02. The molecule has 4 nitrogen and oxygen atoms in total. The van der Waals surface area contributed by atoms with Crippen molar-refractivity contribution >= 4 is 11.0 Å². The summed E-state index contributed by atoms with van der Waals surface area (Å²) in [5.41, 5.74) is 9.26. The first-order valence-electron chi connectivity index (χ1n) is 13.5. The van der Waals surface area contributed by atoms with Crippen LogP contribution < -0.4 is 4.74 Å². The predicted molar refractivity (Wildman–Crippen MR) is 156 cm³/mol. The molecular formula is C35H29N3O. The molecule has 1 aliphatic rings. The van der Waals surface area contributed by atoms with E-state index in [0.717, 1.165) is 57.6 Å². The summed E-state index contributed by atoms with van der Waals surface area (Å²) in [4.78, 5) is 5.20. The van der Waals surface area contributed by atoms with Gasteiger partial charge in [0, 0.05) is 11.6 Å². The van der Waals surface area contributed by atoms with Crippen LogP contribution in [-0.4, -0.2) is 21.9 Å². The summed E-state index contributed by atoms with van der Waals surface area (Å²) >= 11 is 0. The highest BCUT2D eigenvalue weighted by Gasteiger charge is 2.40. The van der Waals surface area contributed by atoms with Gasteiger partial charge in [0.1, 0.15) is 22.5 Å². The smallest absolute Gasteiger partial charge is 0.147 e.